The van der Waals surface area contributed by atoms with Gasteiger partial charge in [-0.25, -0.2) is 4.79 Å². The van der Waals surface area contributed by atoms with E-state index in [1.807, 2.05) is 14.1 Å². The molecule has 1 spiro atoms. The molecule has 2 heterocycles. The Labute approximate surface area is 186 Å². The lowest BCUT2D eigenvalue weighted by atomic mass is 9.72. The molecule has 2 aliphatic carbocycles. The Bertz CT molecular complexity index is 647. The van der Waals surface area contributed by atoms with E-state index in [2.05, 4.69) is 22.2 Å². The third kappa shape index (κ3) is 5.59. The first-order valence-electron chi connectivity index (χ1n) is 12.1. The molecule has 2 saturated carbocycles. The molecule has 0 aromatic rings. The van der Waals surface area contributed by atoms with E-state index in [-0.39, 0.29) is 17.9 Å². The highest BCUT2D eigenvalue weighted by atomic mass is 16.7. The first kappa shape index (κ1) is 23.0. The van der Waals surface area contributed by atoms with Crippen molar-refractivity contribution in [1.29, 1.82) is 0 Å². The van der Waals surface area contributed by atoms with Crippen LogP contribution in [0.5, 0.6) is 0 Å². The number of rotatable bonds is 7. The Hall–Kier alpha value is -1.22. The smallest absolute Gasteiger partial charge is 0.324 e. The molecule has 3 amide bonds. The van der Waals surface area contributed by atoms with Crippen molar-refractivity contribution in [3.05, 3.63) is 0 Å². The molecule has 0 aromatic carbocycles. The van der Waals surface area contributed by atoms with Crippen LogP contribution in [-0.2, 0) is 14.3 Å². The van der Waals surface area contributed by atoms with E-state index < -0.39 is 5.79 Å². The second-order valence-electron chi connectivity index (χ2n) is 10.3. The van der Waals surface area contributed by atoms with E-state index in [9.17, 15) is 9.59 Å². The monoisotopic (exact) mass is 436 g/mol. The maximum atomic E-state index is 13.5. The predicted molar refractivity (Wildman–Crippen MR) is 118 cm³/mol. The van der Waals surface area contributed by atoms with Crippen molar-refractivity contribution in [3.8, 4) is 0 Å². The minimum Gasteiger partial charge on any atom is -0.348 e. The molecular formula is C23H40N4O4. The van der Waals surface area contributed by atoms with E-state index in [4.69, 9.17) is 9.47 Å². The molecule has 31 heavy (non-hydrogen) atoms. The molecule has 4 rings (SSSR count). The fourth-order valence-corrected chi connectivity index (χ4v) is 5.66. The molecule has 3 atom stereocenters. The van der Waals surface area contributed by atoms with Gasteiger partial charge in [0.05, 0.1) is 19.1 Å². The second kappa shape index (κ2) is 9.73. The minimum atomic E-state index is -0.440. The van der Waals surface area contributed by atoms with Gasteiger partial charge in [-0.3, -0.25) is 9.69 Å². The van der Waals surface area contributed by atoms with Crippen LogP contribution in [0.4, 0.5) is 4.79 Å². The van der Waals surface area contributed by atoms with Crippen LogP contribution in [0.25, 0.3) is 0 Å². The van der Waals surface area contributed by atoms with Crippen LogP contribution in [0, 0.1) is 17.8 Å². The van der Waals surface area contributed by atoms with E-state index in [1.54, 1.807) is 0 Å². The van der Waals surface area contributed by atoms with Gasteiger partial charge < -0.3 is 24.6 Å². The van der Waals surface area contributed by atoms with E-state index >= 15 is 0 Å². The quantitative estimate of drug-likeness (QED) is 0.613. The number of nitrogens with zero attached hydrogens (tertiary/aromatic N) is 3. The Morgan fingerprint density at radius 3 is 2.58 bits per heavy atom. The summed E-state index contributed by atoms with van der Waals surface area (Å²) >= 11 is 0. The number of carbonyl (C=O) groups is 2. The third-order valence-electron chi connectivity index (χ3n) is 7.47. The van der Waals surface area contributed by atoms with E-state index in [1.165, 1.54) is 4.90 Å². The van der Waals surface area contributed by atoms with Crippen molar-refractivity contribution in [1.82, 2.24) is 20.0 Å². The molecule has 176 valence electrons. The number of carbonyl (C=O) groups excluding carboxylic acids is 2. The molecule has 1 N–H and O–H groups in total. The van der Waals surface area contributed by atoms with Crippen molar-refractivity contribution < 1.29 is 19.1 Å². The number of urea groups is 1. The van der Waals surface area contributed by atoms with Crippen LogP contribution >= 0.6 is 0 Å². The lowest BCUT2D eigenvalue weighted by Gasteiger charge is -2.49. The van der Waals surface area contributed by atoms with Crippen molar-refractivity contribution in [2.45, 2.75) is 56.8 Å². The Kier molecular flexibility index (Phi) is 7.20. The number of imide groups is 1. The van der Waals surface area contributed by atoms with E-state index in [0.717, 1.165) is 58.0 Å². The van der Waals surface area contributed by atoms with Crippen molar-refractivity contribution in [3.63, 3.8) is 0 Å². The molecule has 8 nitrogen and oxygen atoms in total. The lowest BCUT2D eigenvalue weighted by Crippen LogP contribution is -2.57. The number of fused-ring (bicyclic) bond motifs is 1. The number of amides is 3. The number of ether oxygens (including phenoxy) is 2. The van der Waals surface area contributed by atoms with Crippen molar-refractivity contribution in [2.75, 3.05) is 60.5 Å². The number of likely N-dealkylation sites (tertiary alicyclic amines) is 1. The molecule has 1 unspecified atom stereocenters. The van der Waals surface area contributed by atoms with Gasteiger partial charge in [-0.1, -0.05) is 0 Å². The van der Waals surface area contributed by atoms with Gasteiger partial charge in [-0.2, -0.15) is 0 Å². The van der Waals surface area contributed by atoms with Crippen LogP contribution in [0.1, 0.15) is 44.9 Å². The van der Waals surface area contributed by atoms with Crippen LogP contribution in [0.3, 0.4) is 0 Å². The van der Waals surface area contributed by atoms with Gasteiger partial charge >= 0.3 is 6.03 Å². The summed E-state index contributed by atoms with van der Waals surface area (Å²) in [6.45, 7) is 4.13. The van der Waals surface area contributed by atoms with Gasteiger partial charge in [0.1, 0.15) is 0 Å². The zero-order valence-corrected chi connectivity index (χ0v) is 19.5. The Balaban J connectivity index is 1.38. The summed E-state index contributed by atoms with van der Waals surface area (Å²) in [4.78, 5) is 32.4. The summed E-state index contributed by atoms with van der Waals surface area (Å²) < 4.78 is 12.0. The lowest BCUT2D eigenvalue weighted by molar-refractivity contribution is -0.202. The number of hydrogen-bond acceptors (Lipinski definition) is 6. The zero-order chi connectivity index (χ0) is 22.0. The summed E-state index contributed by atoms with van der Waals surface area (Å²) in [5, 5.41) is 2.98. The molecule has 4 aliphatic rings. The van der Waals surface area contributed by atoms with Crippen LogP contribution in [0.2, 0.25) is 0 Å². The zero-order valence-electron chi connectivity index (χ0n) is 19.5. The molecule has 8 heteroatoms. The fraction of sp³-hybridized carbons (Fsp3) is 0.913. The summed E-state index contributed by atoms with van der Waals surface area (Å²) in [5.41, 5.74) is 0. The van der Waals surface area contributed by atoms with Crippen LogP contribution in [-0.4, -0.2) is 99.0 Å². The van der Waals surface area contributed by atoms with Crippen molar-refractivity contribution in [2.24, 2.45) is 17.8 Å². The Morgan fingerprint density at radius 1 is 1.16 bits per heavy atom. The highest BCUT2D eigenvalue weighted by molar-refractivity contribution is 5.95. The molecule has 2 saturated heterocycles. The largest absolute Gasteiger partial charge is 0.348 e. The van der Waals surface area contributed by atoms with Crippen molar-refractivity contribution >= 4 is 11.9 Å². The summed E-state index contributed by atoms with van der Waals surface area (Å²) in [7, 11) is 6.17. The van der Waals surface area contributed by atoms with Gasteiger partial charge in [0, 0.05) is 38.5 Å². The maximum Gasteiger partial charge on any atom is 0.324 e. The first-order valence-corrected chi connectivity index (χ1v) is 12.1. The highest BCUT2D eigenvalue weighted by Gasteiger charge is 2.50. The highest BCUT2D eigenvalue weighted by Crippen LogP contribution is 2.45. The average molecular weight is 437 g/mol. The molecule has 4 fully saturated rings. The SMILES string of the molecule is CN(C)CCCNC(=O)N(CC1CC1)C(=O)C1C[C@@H]2CC3(CC[C@H]2N(C)C1)OCCO3. The number of hydrogen-bond donors (Lipinski definition) is 1. The molecular weight excluding hydrogens is 396 g/mol. The number of nitrogens with one attached hydrogen (secondary N) is 1. The Morgan fingerprint density at radius 2 is 1.90 bits per heavy atom. The van der Waals surface area contributed by atoms with Gasteiger partial charge in [-0.05, 0) is 71.6 Å². The van der Waals surface area contributed by atoms with E-state index in [0.29, 0.717) is 44.2 Å². The van der Waals surface area contributed by atoms with Gasteiger partial charge in [0.25, 0.3) is 0 Å². The van der Waals surface area contributed by atoms with Crippen LogP contribution < -0.4 is 5.32 Å². The third-order valence-corrected chi connectivity index (χ3v) is 7.47. The number of piperidine rings is 1. The predicted octanol–water partition coefficient (Wildman–Crippen LogP) is 1.75. The normalized spacial score (nSPS) is 30.4. The summed E-state index contributed by atoms with van der Waals surface area (Å²) in [5.74, 6) is 0.253. The second-order valence-corrected chi connectivity index (χ2v) is 10.3. The molecule has 0 radical (unpaired) electrons. The summed E-state index contributed by atoms with van der Waals surface area (Å²) in [6, 6.07) is 0.252. The minimum absolute atomic E-state index is 0.00445. The first-order chi connectivity index (χ1) is 14.9. The van der Waals surface area contributed by atoms with Crippen LogP contribution in [0.15, 0.2) is 0 Å². The van der Waals surface area contributed by atoms with Gasteiger partial charge in [0.15, 0.2) is 5.79 Å². The standard InChI is InChI=1S/C23H40N4O4/c1-25(2)10-4-9-24-22(29)27(15-17-5-6-17)21(28)19-13-18-14-23(30-11-12-31-23)8-7-20(18)26(3)16-19/h17-20H,4-16H2,1-3H3,(H,24,29)/t18-,19?,20-/m1/s1. The average Bonchev–Trinajstić information content (AvgIpc) is 3.46. The molecule has 0 aromatic heterocycles. The molecule has 2 aliphatic heterocycles. The van der Waals surface area contributed by atoms with Gasteiger partial charge in [-0.15, -0.1) is 0 Å². The summed E-state index contributed by atoms with van der Waals surface area (Å²) in [6.07, 6.45) is 6.75. The molecule has 0 bridgehead atoms. The maximum absolute atomic E-state index is 13.5. The topological polar surface area (TPSA) is 74.4 Å². The fourth-order valence-electron chi connectivity index (χ4n) is 5.66. The van der Waals surface area contributed by atoms with Gasteiger partial charge in [0.2, 0.25) is 5.91 Å².